The molecule has 4 aromatic rings. The maximum Gasteiger partial charge on any atom is 0.352 e. The number of fused-ring (bicyclic) bond motifs is 2. The van der Waals surface area contributed by atoms with Gasteiger partial charge in [0.15, 0.2) is 0 Å². The van der Waals surface area contributed by atoms with E-state index in [0.717, 1.165) is 21.8 Å². The molecule has 0 saturated heterocycles. The third-order valence-corrected chi connectivity index (χ3v) is 3.52. The molecule has 0 aliphatic rings. The molecule has 0 atom stereocenters. The molecule has 0 aliphatic heterocycles. The van der Waals surface area contributed by atoms with Crippen LogP contribution < -0.4 is 0 Å². The molecular weight excluding hydrogens is 344 g/mol. The summed E-state index contributed by atoms with van der Waals surface area (Å²) in [6.45, 7) is 0. The van der Waals surface area contributed by atoms with Crippen molar-refractivity contribution in [3.8, 4) is 0 Å². The smallest absolute Gasteiger partial charge is 0.352 e. The molecule has 4 rings (SSSR count). The van der Waals surface area contributed by atoms with E-state index in [1.54, 1.807) is 12.1 Å². The molecule has 0 bridgehead atoms. The number of halogens is 1. The van der Waals surface area contributed by atoms with Crippen molar-refractivity contribution >= 4 is 46.2 Å². The number of aromatic amines is 2. The zero-order valence-electron chi connectivity index (χ0n) is 12.9. The van der Waals surface area contributed by atoms with Gasteiger partial charge >= 0.3 is 11.9 Å². The normalized spacial score (nSPS) is 9.92. The van der Waals surface area contributed by atoms with Crippen molar-refractivity contribution in [3.05, 3.63) is 72.1 Å². The standard InChI is InChI=1S/2C9H7NO2.ClH/c2*11-9(12)8-5-6-3-1-2-4-7(6)10-8;/h2*1-5,10H,(H,11,12);1H. The predicted molar refractivity (Wildman–Crippen MR) is 97.8 cm³/mol. The summed E-state index contributed by atoms with van der Waals surface area (Å²) in [5.41, 5.74) is 2.18. The molecule has 0 aliphatic carbocycles. The summed E-state index contributed by atoms with van der Waals surface area (Å²) in [4.78, 5) is 26.7. The number of carboxylic acid groups (broad SMARTS) is 2. The maximum atomic E-state index is 10.5. The van der Waals surface area contributed by atoms with Gasteiger partial charge in [-0.3, -0.25) is 0 Å². The van der Waals surface area contributed by atoms with E-state index in [1.807, 2.05) is 48.5 Å². The van der Waals surface area contributed by atoms with E-state index < -0.39 is 11.9 Å². The number of para-hydroxylation sites is 2. The quantitative estimate of drug-likeness (QED) is 0.431. The highest BCUT2D eigenvalue weighted by molar-refractivity contribution is 5.94. The third kappa shape index (κ3) is 3.99. The number of aromatic nitrogens is 2. The summed E-state index contributed by atoms with van der Waals surface area (Å²) >= 11 is 0. The molecule has 128 valence electrons. The first-order valence-electron chi connectivity index (χ1n) is 7.16. The Balaban J connectivity index is 0.000000173. The highest BCUT2D eigenvalue weighted by Crippen LogP contribution is 2.14. The number of hydrogen-bond donors (Lipinski definition) is 4. The van der Waals surface area contributed by atoms with Crippen LogP contribution in [0, 0.1) is 0 Å². The summed E-state index contributed by atoms with van der Waals surface area (Å²) in [7, 11) is 0. The van der Waals surface area contributed by atoms with Gasteiger partial charge < -0.3 is 20.2 Å². The van der Waals surface area contributed by atoms with Crippen LogP contribution in [0.3, 0.4) is 0 Å². The lowest BCUT2D eigenvalue weighted by Crippen LogP contribution is -1.94. The van der Waals surface area contributed by atoms with Crippen LogP contribution in [0.4, 0.5) is 0 Å². The number of hydrogen-bond acceptors (Lipinski definition) is 2. The van der Waals surface area contributed by atoms with Gasteiger partial charge in [0, 0.05) is 21.8 Å². The molecule has 0 radical (unpaired) electrons. The van der Waals surface area contributed by atoms with Crippen LogP contribution in [-0.4, -0.2) is 32.1 Å². The van der Waals surface area contributed by atoms with E-state index >= 15 is 0 Å². The van der Waals surface area contributed by atoms with E-state index in [0.29, 0.717) is 0 Å². The first-order valence-corrected chi connectivity index (χ1v) is 7.16. The molecule has 0 saturated carbocycles. The molecule has 6 nitrogen and oxygen atoms in total. The van der Waals surface area contributed by atoms with Crippen LogP contribution in [0.25, 0.3) is 21.8 Å². The van der Waals surface area contributed by atoms with Crippen LogP contribution in [0.5, 0.6) is 0 Å². The van der Waals surface area contributed by atoms with Crippen LogP contribution in [0.15, 0.2) is 60.7 Å². The summed E-state index contributed by atoms with van der Waals surface area (Å²) in [6.07, 6.45) is 0. The summed E-state index contributed by atoms with van der Waals surface area (Å²) in [5.74, 6) is -1.85. The first kappa shape index (κ1) is 18.1. The van der Waals surface area contributed by atoms with Crippen LogP contribution in [0.2, 0.25) is 0 Å². The summed E-state index contributed by atoms with van der Waals surface area (Å²) < 4.78 is 0. The Morgan fingerprint density at radius 2 is 1.04 bits per heavy atom. The van der Waals surface area contributed by atoms with Gasteiger partial charge in [-0.2, -0.15) is 0 Å². The predicted octanol–water partition coefficient (Wildman–Crippen LogP) is 4.15. The van der Waals surface area contributed by atoms with E-state index in [-0.39, 0.29) is 23.8 Å². The zero-order valence-corrected chi connectivity index (χ0v) is 13.7. The molecule has 0 spiro atoms. The van der Waals surface area contributed by atoms with Gasteiger partial charge in [-0.05, 0) is 24.3 Å². The highest BCUT2D eigenvalue weighted by atomic mass is 35.5. The van der Waals surface area contributed by atoms with Crippen molar-refractivity contribution in [1.82, 2.24) is 9.97 Å². The van der Waals surface area contributed by atoms with Gasteiger partial charge in [-0.15, -0.1) is 12.4 Å². The first-order chi connectivity index (χ1) is 11.5. The lowest BCUT2D eigenvalue weighted by molar-refractivity contribution is 0.0681. The fourth-order valence-corrected chi connectivity index (χ4v) is 2.38. The number of rotatable bonds is 2. The fourth-order valence-electron chi connectivity index (χ4n) is 2.38. The average Bonchev–Trinajstić information content (AvgIpc) is 3.19. The minimum absolute atomic E-state index is 0. The monoisotopic (exact) mass is 358 g/mol. The SMILES string of the molecule is Cl.O=C(O)c1cc2ccccc2[nH]1.O=C(O)c1cc2ccccc2[nH]1. The Bertz CT molecular complexity index is 886. The molecular formula is C18H15ClN2O4. The number of H-pyrrole nitrogens is 2. The fraction of sp³-hybridized carbons (Fsp3) is 0. The molecule has 2 aromatic carbocycles. The van der Waals surface area contributed by atoms with Crippen molar-refractivity contribution < 1.29 is 19.8 Å². The molecule has 7 heteroatoms. The van der Waals surface area contributed by atoms with E-state index in [2.05, 4.69) is 9.97 Å². The lowest BCUT2D eigenvalue weighted by atomic mass is 10.2. The number of carboxylic acids is 2. The minimum Gasteiger partial charge on any atom is -0.477 e. The largest absolute Gasteiger partial charge is 0.477 e. The third-order valence-electron chi connectivity index (χ3n) is 3.52. The second-order valence-electron chi connectivity index (χ2n) is 5.15. The van der Waals surface area contributed by atoms with Gasteiger partial charge in [0.1, 0.15) is 11.4 Å². The molecule has 0 unspecified atom stereocenters. The Morgan fingerprint density at radius 3 is 1.36 bits per heavy atom. The number of benzene rings is 2. The van der Waals surface area contributed by atoms with Crippen molar-refractivity contribution in [2.75, 3.05) is 0 Å². The molecule has 0 fully saturated rings. The number of nitrogens with one attached hydrogen (secondary N) is 2. The van der Waals surface area contributed by atoms with Gasteiger partial charge in [0.2, 0.25) is 0 Å². The van der Waals surface area contributed by atoms with Crippen LogP contribution >= 0.6 is 12.4 Å². The van der Waals surface area contributed by atoms with E-state index in [9.17, 15) is 9.59 Å². The molecule has 4 N–H and O–H groups in total. The van der Waals surface area contributed by atoms with Gasteiger partial charge in [0.25, 0.3) is 0 Å². The summed E-state index contributed by atoms with van der Waals surface area (Å²) in [6, 6.07) is 18.2. The Hall–Kier alpha value is -3.25. The van der Waals surface area contributed by atoms with E-state index in [4.69, 9.17) is 10.2 Å². The van der Waals surface area contributed by atoms with Crippen molar-refractivity contribution in [2.45, 2.75) is 0 Å². The molecule has 2 aromatic heterocycles. The van der Waals surface area contributed by atoms with Gasteiger partial charge in [0.05, 0.1) is 0 Å². The van der Waals surface area contributed by atoms with Crippen molar-refractivity contribution in [2.24, 2.45) is 0 Å². The maximum absolute atomic E-state index is 10.5. The Morgan fingerprint density at radius 1 is 0.680 bits per heavy atom. The molecule has 0 amide bonds. The van der Waals surface area contributed by atoms with Crippen molar-refractivity contribution in [3.63, 3.8) is 0 Å². The van der Waals surface area contributed by atoms with Gasteiger partial charge in [-0.1, -0.05) is 36.4 Å². The second-order valence-corrected chi connectivity index (χ2v) is 5.15. The molecule has 25 heavy (non-hydrogen) atoms. The Labute approximate surface area is 148 Å². The Kier molecular flexibility index (Phi) is 5.46. The molecule has 2 heterocycles. The van der Waals surface area contributed by atoms with Crippen LogP contribution in [-0.2, 0) is 0 Å². The lowest BCUT2D eigenvalue weighted by Gasteiger charge is -1.84. The highest BCUT2D eigenvalue weighted by Gasteiger charge is 2.06. The van der Waals surface area contributed by atoms with Crippen LogP contribution in [0.1, 0.15) is 21.0 Å². The number of aromatic carboxylic acids is 2. The van der Waals surface area contributed by atoms with E-state index in [1.165, 1.54) is 0 Å². The minimum atomic E-state index is -0.925. The topological polar surface area (TPSA) is 106 Å². The summed E-state index contributed by atoms with van der Waals surface area (Å²) in [5, 5.41) is 19.2. The van der Waals surface area contributed by atoms with Crippen molar-refractivity contribution in [1.29, 1.82) is 0 Å². The van der Waals surface area contributed by atoms with Gasteiger partial charge in [-0.25, -0.2) is 9.59 Å². The average molecular weight is 359 g/mol. The second kappa shape index (κ2) is 7.55. The number of carbonyl (C=O) groups is 2. The zero-order chi connectivity index (χ0) is 17.1.